The van der Waals surface area contributed by atoms with Crippen LogP contribution in [0.15, 0.2) is 22.7 Å². The summed E-state index contributed by atoms with van der Waals surface area (Å²) in [6, 6.07) is 5.07. The molecule has 0 aliphatic carbocycles. The number of carbonyl (C=O) groups excluding carboxylic acids is 2. The first-order valence-corrected chi connectivity index (χ1v) is 7.89. The number of benzene rings is 1. The number of unbranched alkanes of at least 4 members (excludes halogenated alkanes) is 1. The zero-order valence-electron chi connectivity index (χ0n) is 12.4. The second-order valence-corrected chi connectivity index (χ2v) is 5.45. The molecule has 0 saturated carbocycles. The summed E-state index contributed by atoms with van der Waals surface area (Å²) in [6.07, 6.45) is 3.17. The van der Waals surface area contributed by atoms with Crippen LogP contribution < -0.4 is 15.6 Å². The highest BCUT2D eigenvalue weighted by Crippen LogP contribution is 2.26. The molecule has 0 aliphatic heterocycles. The normalized spacial score (nSPS) is 10.0. The summed E-state index contributed by atoms with van der Waals surface area (Å²) >= 11 is 3.38. The third-order valence-electron chi connectivity index (χ3n) is 2.74. The topological polar surface area (TPSA) is 67.4 Å². The Morgan fingerprint density at radius 3 is 2.57 bits per heavy atom. The molecule has 21 heavy (non-hydrogen) atoms. The fourth-order valence-electron chi connectivity index (χ4n) is 1.57. The Bertz CT molecular complexity index is 492. The molecule has 5 nitrogen and oxygen atoms in total. The summed E-state index contributed by atoms with van der Waals surface area (Å²) in [6.45, 7) is 4.64. The molecule has 0 saturated heterocycles. The standard InChI is InChI=1S/C15H21BrN2O3/c1-3-5-9-21-13-8-7-11(10-12(13)16)15(20)18-17-14(19)6-4-2/h7-8,10H,3-6,9H2,1-2H3,(H,17,19)(H,18,20). The maximum absolute atomic E-state index is 11.9. The molecule has 0 unspecified atom stereocenters. The van der Waals surface area contributed by atoms with Crippen LogP contribution in [0.5, 0.6) is 5.75 Å². The van der Waals surface area contributed by atoms with E-state index in [-0.39, 0.29) is 11.8 Å². The van der Waals surface area contributed by atoms with Crippen molar-refractivity contribution in [1.29, 1.82) is 0 Å². The van der Waals surface area contributed by atoms with Crippen molar-refractivity contribution in [3.05, 3.63) is 28.2 Å². The number of amides is 2. The molecule has 0 heterocycles. The van der Waals surface area contributed by atoms with Crippen LogP contribution in [0.3, 0.4) is 0 Å². The van der Waals surface area contributed by atoms with Gasteiger partial charge in [0.2, 0.25) is 5.91 Å². The molecule has 2 N–H and O–H groups in total. The van der Waals surface area contributed by atoms with E-state index in [1.807, 2.05) is 6.92 Å². The van der Waals surface area contributed by atoms with Crippen LogP contribution in [0.1, 0.15) is 49.9 Å². The van der Waals surface area contributed by atoms with Gasteiger partial charge in [-0.1, -0.05) is 20.3 Å². The number of hydrazine groups is 1. The van der Waals surface area contributed by atoms with Gasteiger partial charge in [0.25, 0.3) is 5.91 Å². The van der Waals surface area contributed by atoms with E-state index < -0.39 is 0 Å². The number of halogens is 1. The molecule has 2 amide bonds. The Morgan fingerprint density at radius 2 is 1.95 bits per heavy atom. The lowest BCUT2D eigenvalue weighted by Gasteiger charge is -2.10. The molecular formula is C15H21BrN2O3. The summed E-state index contributed by atoms with van der Waals surface area (Å²) in [5.41, 5.74) is 5.20. The molecule has 0 fully saturated rings. The average Bonchev–Trinajstić information content (AvgIpc) is 2.47. The van der Waals surface area contributed by atoms with Gasteiger partial charge in [-0.3, -0.25) is 20.4 Å². The molecule has 0 aromatic heterocycles. The molecule has 1 aromatic rings. The van der Waals surface area contributed by atoms with Gasteiger partial charge in [-0.05, 0) is 47.0 Å². The molecule has 0 bridgehead atoms. The Morgan fingerprint density at radius 1 is 1.19 bits per heavy atom. The zero-order chi connectivity index (χ0) is 15.7. The molecule has 1 rings (SSSR count). The van der Waals surface area contributed by atoms with E-state index in [4.69, 9.17) is 4.74 Å². The summed E-state index contributed by atoms with van der Waals surface area (Å²) in [5, 5.41) is 0. The highest BCUT2D eigenvalue weighted by atomic mass is 79.9. The van der Waals surface area contributed by atoms with E-state index in [1.54, 1.807) is 18.2 Å². The second-order valence-electron chi connectivity index (χ2n) is 4.60. The molecule has 6 heteroatoms. The number of ether oxygens (including phenoxy) is 1. The number of nitrogens with one attached hydrogen (secondary N) is 2. The SMILES string of the molecule is CCCCOc1ccc(C(=O)NNC(=O)CCC)cc1Br. The monoisotopic (exact) mass is 356 g/mol. The Hall–Kier alpha value is -1.56. The van der Waals surface area contributed by atoms with Crippen molar-refractivity contribution in [3.8, 4) is 5.75 Å². The fourth-order valence-corrected chi connectivity index (χ4v) is 2.07. The third-order valence-corrected chi connectivity index (χ3v) is 3.36. The van der Waals surface area contributed by atoms with Gasteiger partial charge in [0, 0.05) is 12.0 Å². The molecular weight excluding hydrogens is 336 g/mol. The van der Waals surface area contributed by atoms with Crippen LogP contribution in [0, 0.1) is 0 Å². The van der Waals surface area contributed by atoms with Gasteiger partial charge in [-0.15, -0.1) is 0 Å². The van der Waals surface area contributed by atoms with Crippen LogP contribution in [-0.4, -0.2) is 18.4 Å². The first kappa shape index (κ1) is 17.5. The quantitative estimate of drug-likeness (QED) is 0.582. The van der Waals surface area contributed by atoms with Crippen LogP contribution in [0.2, 0.25) is 0 Å². The van der Waals surface area contributed by atoms with E-state index in [1.165, 1.54) is 0 Å². The third kappa shape index (κ3) is 6.16. The van der Waals surface area contributed by atoms with Crippen LogP contribution in [0.4, 0.5) is 0 Å². The lowest BCUT2D eigenvalue weighted by atomic mass is 10.2. The number of carbonyl (C=O) groups is 2. The summed E-state index contributed by atoms with van der Waals surface area (Å²) in [7, 11) is 0. The zero-order valence-corrected chi connectivity index (χ0v) is 14.0. The van der Waals surface area contributed by atoms with Crippen molar-refractivity contribution < 1.29 is 14.3 Å². The first-order chi connectivity index (χ1) is 10.1. The smallest absolute Gasteiger partial charge is 0.269 e. The second kappa shape index (κ2) is 9.39. The Balaban J connectivity index is 2.57. The van der Waals surface area contributed by atoms with Gasteiger partial charge in [0.05, 0.1) is 11.1 Å². The van der Waals surface area contributed by atoms with E-state index in [2.05, 4.69) is 33.7 Å². The summed E-state index contributed by atoms with van der Waals surface area (Å²) < 4.78 is 6.31. The minimum Gasteiger partial charge on any atom is -0.492 e. The van der Waals surface area contributed by atoms with Crippen LogP contribution >= 0.6 is 15.9 Å². The summed E-state index contributed by atoms with van der Waals surface area (Å²) in [5.74, 6) is 0.139. The van der Waals surface area contributed by atoms with Crippen molar-refractivity contribution in [3.63, 3.8) is 0 Å². The largest absolute Gasteiger partial charge is 0.492 e. The average molecular weight is 357 g/mol. The van der Waals surface area contributed by atoms with Crippen molar-refractivity contribution in [1.82, 2.24) is 10.9 Å². The van der Waals surface area contributed by atoms with Gasteiger partial charge >= 0.3 is 0 Å². The maximum atomic E-state index is 11.9. The Kier molecular flexibility index (Phi) is 7.82. The van der Waals surface area contributed by atoms with E-state index in [0.29, 0.717) is 28.8 Å². The molecule has 1 aromatic carbocycles. The van der Waals surface area contributed by atoms with Crippen molar-refractivity contribution in [2.24, 2.45) is 0 Å². The Labute approximate surface area is 133 Å². The molecule has 0 radical (unpaired) electrons. The van der Waals surface area contributed by atoms with Gasteiger partial charge in [0.1, 0.15) is 5.75 Å². The number of hydrogen-bond donors (Lipinski definition) is 2. The molecule has 0 aliphatic rings. The molecule has 0 spiro atoms. The van der Waals surface area contributed by atoms with Crippen molar-refractivity contribution in [2.75, 3.05) is 6.61 Å². The fraction of sp³-hybridized carbons (Fsp3) is 0.467. The lowest BCUT2D eigenvalue weighted by molar-refractivity contribution is -0.121. The van der Waals surface area contributed by atoms with Gasteiger partial charge in [0.15, 0.2) is 0 Å². The highest BCUT2D eigenvalue weighted by Gasteiger charge is 2.10. The van der Waals surface area contributed by atoms with Gasteiger partial charge in [-0.2, -0.15) is 0 Å². The highest BCUT2D eigenvalue weighted by molar-refractivity contribution is 9.10. The van der Waals surface area contributed by atoms with Crippen molar-refractivity contribution in [2.45, 2.75) is 39.5 Å². The predicted molar refractivity (Wildman–Crippen MR) is 85.1 cm³/mol. The minimum absolute atomic E-state index is 0.204. The van der Waals surface area contributed by atoms with Gasteiger partial charge < -0.3 is 4.74 Å². The van der Waals surface area contributed by atoms with Crippen LogP contribution in [-0.2, 0) is 4.79 Å². The minimum atomic E-state index is -0.361. The van der Waals surface area contributed by atoms with Gasteiger partial charge in [-0.25, -0.2) is 0 Å². The van der Waals surface area contributed by atoms with E-state index >= 15 is 0 Å². The number of rotatable bonds is 7. The molecule has 0 atom stereocenters. The van der Waals surface area contributed by atoms with Crippen molar-refractivity contribution >= 4 is 27.7 Å². The van der Waals surface area contributed by atoms with Crippen LogP contribution in [0.25, 0.3) is 0 Å². The van der Waals surface area contributed by atoms with E-state index in [9.17, 15) is 9.59 Å². The lowest BCUT2D eigenvalue weighted by Crippen LogP contribution is -2.41. The predicted octanol–water partition coefficient (Wildman–Crippen LogP) is 3.19. The van der Waals surface area contributed by atoms with E-state index in [0.717, 1.165) is 19.3 Å². The molecule has 116 valence electrons. The first-order valence-electron chi connectivity index (χ1n) is 7.10. The number of hydrogen-bond acceptors (Lipinski definition) is 3. The maximum Gasteiger partial charge on any atom is 0.269 e. The summed E-state index contributed by atoms with van der Waals surface area (Å²) in [4.78, 5) is 23.2.